The Bertz CT molecular complexity index is 773. The largest absolute Gasteiger partial charge is 0.356 e. The zero-order chi connectivity index (χ0) is 18.1. The van der Waals surface area contributed by atoms with E-state index in [1.165, 1.54) is 23.5 Å². The van der Waals surface area contributed by atoms with Crippen LogP contribution in [0.25, 0.3) is 0 Å². The van der Waals surface area contributed by atoms with Gasteiger partial charge >= 0.3 is 0 Å². The van der Waals surface area contributed by atoms with Crippen LogP contribution in [0.1, 0.15) is 38.3 Å². The lowest BCUT2D eigenvalue weighted by atomic mass is 10.2. The number of sulfonamides is 1. The van der Waals surface area contributed by atoms with E-state index in [0.717, 1.165) is 19.3 Å². The number of thiazole rings is 1. The Balaban J connectivity index is 1.83. The van der Waals surface area contributed by atoms with E-state index in [-0.39, 0.29) is 10.8 Å². The van der Waals surface area contributed by atoms with Crippen molar-refractivity contribution in [2.75, 3.05) is 11.3 Å². The zero-order valence-electron chi connectivity index (χ0n) is 14.2. The quantitative estimate of drug-likeness (QED) is 0.619. The molecule has 0 fully saturated rings. The molecule has 0 unspecified atom stereocenters. The molecular formula is C17H23N3O3S2. The van der Waals surface area contributed by atoms with Crippen molar-refractivity contribution in [1.82, 2.24) is 10.3 Å². The summed E-state index contributed by atoms with van der Waals surface area (Å²) in [7, 11) is -3.63. The number of rotatable bonds is 10. The van der Waals surface area contributed by atoms with E-state index in [4.69, 9.17) is 0 Å². The third kappa shape index (κ3) is 6.47. The summed E-state index contributed by atoms with van der Waals surface area (Å²) in [5.74, 6) is -0.00415. The molecule has 6 nitrogen and oxygen atoms in total. The maximum Gasteiger partial charge on any atom is 0.263 e. The van der Waals surface area contributed by atoms with Gasteiger partial charge < -0.3 is 5.32 Å². The van der Waals surface area contributed by atoms with E-state index >= 15 is 0 Å². The SMILES string of the molecule is CCCCCNC(=O)CCc1csc(NS(=O)(=O)c2ccccc2)n1. The van der Waals surface area contributed by atoms with Gasteiger partial charge in [0.2, 0.25) is 5.91 Å². The number of aryl methyl sites for hydroxylation is 1. The molecule has 1 aromatic heterocycles. The van der Waals surface area contributed by atoms with Crippen molar-refractivity contribution in [3.05, 3.63) is 41.4 Å². The fourth-order valence-corrected chi connectivity index (χ4v) is 4.19. The second-order valence-corrected chi connectivity index (χ2v) is 8.16. The molecule has 1 amide bonds. The highest BCUT2D eigenvalue weighted by atomic mass is 32.2. The Hall–Kier alpha value is -1.93. The normalized spacial score (nSPS) is 11.2. The maximum absolute atomic E-state index is 12.2. The van der Waals surface area contributed by atoms with Gasteiger partial charge in [0.25, 0.3) is 10.0 Å². The number of hydrogen-bond donors (Lipinski definition) is 2. The van der Waals surface area contributed by atoms with Crippen LogP contribution in [0, 0.1) is 0 Å². The number of nitrogens with one attached hydrogen (secondary N) is 2. The van der Waals surface area contributed by atoms with E-state index in [2.05, 4.69) is 21.9 Å². The third-order valence-corrected chi connectivity index (χ3v) is 5.83. The summed E-state index contributed by atoms with van der Waals surface area (Å²) < 4.78 is 26.9. The molecule has 1 heterocycles. The van der Waals surface area contributed by atoms with Crippen molar-refractivity contribution in [1.29, 1.82) is 0 Å². The summed E-state index contributed by atoms with van der Waals surface area (Å²) in [5.41, 5.74) is 0.708. The Morgan fingerprint density at radius 2 is 1.96 bits per heavy atom. The molecule has 8 heteroatoms. The number of carbonyl (C=O) groups excluding carboxylic acids is 1. The molecule has 0 saturated heterocycles. The zero-order valence-corrected chi connectivity index (χ0v) is 15.8. The fourth-order valence-electron chi connectivity index (χ4n) is 2.17. The van der Waals surface area contributed by atoms with Crippen molar-refractivity contribution >= 4 is 32.4 Å². The number of benzene rings is 1. The van der Waals surface area contributed by atoms with Crippen LogP contribution in [0.5, 0.6) is 0 Å². The maximum atomic E-state index is 12.2. The van der Waals surface area contributed by atoms with Crippen molar-refractivity contribution in [2.24, 2.45) is 0 Å². The van der Waals surface area contributed by atoms with Crippen LogP contribution in [-0.2, 0) is 21.2 Å². The molecular weight excluding hydrogens is 358 g/mol. The second kappa shape index (κ2) is 9.53. The van der Waals surface area contributed by atoms with Gasteiger partial charge in [0.1, 0.15) is 0 Å². The molecule has 2 aromatic rings. The Morgan fingerprint density at radius 3 is 2.68 bits per heavy atom. The summed E-state index contributed by atoms with van der Waals surface area (Å²) in [5, 5.41) is 4.96. The van der Waals surface area contributed by atoms with Gasteiger partial charge in [0, 0.05) is 18.3 Å². The second-order valence-electron chi connectivity index (χ2n) is 5.62. The number of carbonyl (C=O) groups is 1. The first-order chi connectivity index (χ1) is 12.0. The number of hydrogen-bond acceptors (Lipinski definition) is 5. The van der Waals surface area contributed by atoms with Gasteiger partial charge in [-0.15, -0.1) is 11.3 Å². The molecule has 25 heavy (non-hydrogen) atoms. The minimum absolute atomic E-state index is 0.00415. The van der Waals surface area contributed by atoms with Crippen molar-refractivity contribution in [3.63, 3.8) is 0 Å². The van der Waals surface area contributed by atoms with Gasteiger partial charge in [-0.1, -0.05) is 38.0 Å². The molecule has 2 rings (SSSR count). The monoisotopic (exact) mass is 381 g/mol. The number of aromatic nitrogens is 1. The van der Waals surface area contributed by atoms with Crippen LogP contribution in [0.2, 0.25) is 0 Å². The van der Waals surface area contributed by atoms with Crippen molar-refractivity contribution in [3.8, 4) is 0 Å². The molecule has 0 radical (unpaired) electrons. The lowest BCUT2D eigenvalue weighted by Crippen LogP contribution is -2.24. The summed E-state index contributed by atoms with van der Waals surface area (Å²) in [4.78, 5) is 16.2. The number of amides is 1. The molecule has 0 spiro atoms. The lowest BCUT2D eigenvalue weighted by molar-refractivity contribution is -0.121. The first kappa shape index (κ1) is 19.4. The van der Waals surface area contributed by atoms with E-state index in [0.29, 0.717) is 30.2 Å². The van der Waals surface area contributed by atoms with E-state index in [9.17, 15) is 13.2 Å². The van der Waals surface area contributed by atoms with E-state index < -0.39 is 10.0 Å². The van der Waals surface area contributed by atoms with Crippen LogP contribution in [-0.4, -0.2) is 25.9 Å². The first-order valence-electron chi connectivity index (χ1n) is 8.30. The standard InChI is InChI=1S/C17H23N3O3S2/c1-2-3-7-12-18-16(21)11-10-14-13-24-17(19-14)20-25(22,23)15-8-5-4-6-9-15/h4-6,8-9,13H,2-3,7,10-12H2,1H3,(H,18,21)(H,19,20). The van der Waals surface area contributed by atoms with Gasteiger partial charge in [-0.05, 0) is 25.0 Å². The molecule has 0 atom stereocenters. The van der Waals surface area contributed by atoms with Gasteiger partial charge in [0.15, 0.2) is 5.13 Å². The predicted octanol–water partition coefficient (Wildman–Crippen LogP) is 3.18. The molecule has 2 N–H and O–H groups in total. The van der Waals surface area contributed by atoms with Crippen LogP contribution >= 0.6 is 11.3 Å². The Kier molecular flexibility index (Phi) is 7.39. The van der Waals surface area contributed by atoms with Gasteiger partial charge in [-0.3, -0.25) is 9.52 Å². The first-order valence-corrected chi connectivity index (χ1v) is 10.7. The third-order valence-electron chi connectivity index (χ3n) is 3.54. The van der Waals surface area contributed by atoms with E-state index in [1.54, 1.807) is 23.6 Å². The molecule has 0 saturated carbocycles. The average Bonchev–Trinajstić information content (AvgIpc) is 3.04. The predicted molar refractivity (Wildman–Crippen MR) is 100 cm³/mol. The topological polar surface area (TPSA) is 88.2 Å². The Labute approximate surface area is 152 Å². The van der Waals surface area contributed by atoms with Gasteiger partial charge in [0.05, 0.1) is 10.6 Å². The fraction of sp³-hybridized carbons (Fsp3) is 0.412. The molecule has 0 aliphatic carbocycles. The molecule has 0 aliphatic heterocycles. The summed E-state index contributed by atoms with van der Waals surface area (Å²) >= 11 is 1.21. The summed E-state index contributed by atoms with van der Waals surface area (Å²) in [6.45, 7) is 2.82. The highest BCUT2D eigenvalue weighted by Gasteiger charge is 2.15. The van der Waals surface area contributed by atoms with Crippen LogP contribution in [0.4, 0.5) is 5.13 Å². The van der Waals surface area contributed by atoms with E-state index in [1.807, 2.05) is 0 Å². The smallest absolute Gasteiger partial charge is 0.263 e. The Morgan fingerprint density at radius 1 is 1.20 bits per heavy atom. The minimum Gasteiger partial charge on any atom is -0.356 e. The molecule has 136 valence electrons. The highest BCUT2D eigenvalue weighted by Crippen LogP contribution is 2.20. The summed E-state index contributed by atoms with van der Waals surface area (Å²) in [6, 6.07) is 8.15. The van der Waals surface area contributed by atoms with Crippen molar-refractivity contribution in [2.45, 2.75) is 43.9 Å². The molecule has 1 aromatic carbocycles. The number of unbranched alkanes of at least 4 members (excludes halogenated alkanes) is 2. The van der Waals surface area contributed by atoms with Crippen LogP contribution < -0.4 is 10.0 Å². The molecule has 0 aliphatic rings. The van der Waals surface area contributed by atoms with Gasteiger partial charge in [-0.2, -0.15) is 0 Å². The minimum atomic E-state index is -3.63. The highest BCUT2D eigenvalue weighted by molar-refractivity contribution is 7.93. The van der Waals surface area contributed by atoms with Crippen LogP contribution in [0.3, 0.4) is 0 Å². The van der Waals surface area contributed by atoms with Crippen molar-refractivity contribution < 1.29 is 13.2 Å². The van der Waals surface area contributed by atoms with Crippen LogP contribution in [0.15, 0.2) is 40.6 Å². The summed E-state index contributed by atoms with van der Waals surface area (Å²) in [6.07, 6.45) is 4.06. The lowest BCUT2D eigenvalue weighted by Gasteiger charge is -2.04. The van der Waals surface area contributed by atoms with Gasteiger partial charge in [-0.25, -0.2) is 13.4 Å². The average molecular weight is 382 g/mol. The number of anilines is 1. The molecule has 0 bridgehead atoms. The number of nitrogens with zero attached hydrogens (tertiary/aromatic N) is 1.